The Morgan fingerprint density at radius 1 is 0.356 bits per heavy atom. The number of nitrogens with zero attached hydrogens (tertiary/aromatic N) is 4. The smallest absolute Gasteiger partial charge is 0.161 e. The molecule has 4 heterocycles. The minimum atomic E-state index is 0.614. The zero-order valence-electron chi connectivity index (χ0n) is 31.8. The molecule has 0 radical (unpaired) electrons. The van der Waals surface area contributed by atoms with E-state index in [1.54, 1.807) is 6.20 Å². The molecule has 3 aromatic heterocycles. The summed E-state index contributed by atoms with van der Waals surface area (Å²) in [6.07, 6.45) is 5.46. The number of benzene rings is 7. The average Bonchev–Trinajstić information content (AvgIpc) is 3.33. The highest BCUT2D eigenvalue weighted by Crippen LogP contribution is 2.50. The SMILES string of the molecule is c1ccc(-c2cc(-c3ccc4c(c3)-c3ccc5ccccc5c3Sc3ccccc3-c3ccccc3-c3ccccc3-4)nc(-c3ccc(-c4cccnc4)nc3)n2)cc1. The summed E-state index contributed by atoms with van der Waals surface area (Å²) in [5, 5.41) is 2.43. The molecule has 0 spiro atoms. The van der Waals surface area contributed by atoms with E-state index in [-0.39, 0.29) is 0 Å². The van der Waals surface area contributed by atoms with Crippen LogP contribution in [0.3, 0.4) is 0 Å². The Kier molecular flexibility index (Phi) is 8.72. The Morgan fingerprint density at radius 3 is 1.69 bits per heavy atom. The van der Waals surface area contributed by atoms with Crippen LogP contribution in [0.15, 0.2) is 216 Å². The Labute approximate surface area is 347 Å². The second-order valence-corrected chi connectivity index (χ2v) is 15.7. The fraction of sp³-hybridized carbons (Fsp3) is 0. The van der Waals surface area contributed by atoms with Crippen molar-refractivity contribution in [3.8, 4) is 89.7 Å². The Balaban J connectivity index is 1.17. The maximum Gasteiger partial charge on any atom is 0.161 e. The number of hydrogen-bond acceptors (Lipinski definition) is 5. The van der Waals surface area contributed by atoms with Gasteiger partial charge in [-0.25, -0.2) is 9.97 Å². The second kappa shape index (κ2) is 14.8. The van der Waals surface area contributed by atoms with Crippen molar-refractivity contribution < 1.29 is 0 Å². The highest BCUT2D eigenvalue weighted by Gasteiger charge is 2.23. The van der Waals surface area contributed by atoms with Gasteiger partial charge in [-0.15, -0.1) is 0 Å². The van der Waals surface area contributed by atoms with Gasteiger partial charge in [0, 0.05) is 50.6 Å². The van der Waals surface area contributed by atoms with Gasteiger partial charge >= 0.3 is 0 Å². The third kappa shape index (κ3) is 6.38. The number of pyridine rings is 2. The minimum Gasteiger partial charge on any atom is -0.264 e. The molecule has 11 rings (SSSR count). The van der Waals surface area contributed by atoms with Crippen LogP contribution < -0.4 is 0 Å². The molecule has 0 saturated heterocycles. The van der Waals surface area contributed by atoms with Gasteiger partial charge in [0.05, 0.1) is 17.1 Å². The molecule has 59 heavy (non-hydrogen) atoms. The monoisotopic (exact) mass is 770 g/mol. The summed E-state index contributed by atoms with van der Waals surface area (Å²) >= 11 is 1.85. The predicted molar refractivity (Wildman–Crippen MR) is 243 cm³/mol. The summed E-state index contributed by atoms with van der Waals surface area (Å²) in [7, 11) is 0. The van der Waals surface area contributed by atoms with Crippen LogP contribution >= 0.6 is 11.8 Å². The third-order valence-corrected chi connectivity index (χ3v) is 12.3. The Bertz CT molecular complexity index is 3180. The van der Waals surface area contributed by atoms with Crippen LogP contribution in [0.1, 0.15) is 0 Å². The summed E-state index contributed by atoms with van der Waals surface area (Å²) in [4.78, 5) is 21.9. The van der Waals surface area contributed by atoms with Crippen molar-refractivity contribution in [1.29, 1.82) is 0 Å². The summed E-state index contributed by atoms with van der Waals surface area (Å²) in [6.45, 7) is 0. The molecule has 0 saturated carbocycles. The van der Waals surface area contributed by atoms with Gasteiger partial charge in [-0.05, 0) is 97.7 Å². The van der Waals surface area contributed by atoms with Crippen molar-refractivity contribution in [1.82, 2.24) is 19.9 Å². The highest BCUT2D eigenvalue weighted by atomic mass is 32.2. The summed E-state index contributed by atoms with van der Waals surface area (Å²) < 4.78 is 0. The lowest BCUT2D eigenvalue weighted by atomic mass is 9.85. The van der Waals surface area contributed by atoms with Crippen molar-refractivity contribution >= 4 is 22.5 Å². The van der Waals surface area contributed by atoms with Crippen LogP contribution in [0.2, 0.25) is 0 Å². The maximum atomic E-state index is 5.28. The van der Waals surface area contributed by atoms with Crippen LogP contribution in [-0.2, 0) is 0 Å². The van der Waals surface area contributed by atoms with Gasteiger partial charge in [0.1, 0.15) is 0 Å². The van der Waals surface area contributed by atoms with Gasteiger partial charge in [-0.1, -0.05) is 157 Å². The number of aromatic nitrogens is 4. The van der Waals surface area contributed by atoms with Crippen molar-refractivity contribution in [2.45, 2.75) is 9.79 Å². The molecule has 0 unspecified atom stereocenters. The van der Waals surface area contributed by atoms with Gasteiger partial charge in [-0.2, -0.15) is 0 Å². The molecule has 0 fully saturated rings. The maximum absolute atomic E-state index is 5.28. The van der Waals surface area contributed by atoms with Crippen molar-refractivity contribution in [2.24, 2.45) is 0 Å². The van der Waals surface area contributed by atoms with Gasteiger partial charge in [0.15, 0.2) is 5.82 Å². The molecule has 7 aromatic carbocycles. The van der Waals surface area contributed by atoms with Gasteiger partial charge in [-0.3, -0.25) is 9.97 Å². The summed E-state index contributed by atoms with van der Waals surface area (Å²) in [5.41, 5.74) is 15.8. The first-order valence-corrected chi connectivity index (χ1v) is 20.5. The van der Waals surface area contributed by atoms with Crippen LogP contribution in [0.5, 0.6) is 0 Å². The fourth-order valence-electron chi connectivity index (χ4n) is 8.21. The summed E-state index contributed by atoms with van der Waals surface area (Å²) in [5.74, 6) is 0.614. The molecule has 0 atom stereocenters. The number of rotatable bonds is 4. The fourth-order valence-corrected chi connectivity index (χ4v) is 9.45. The lowest BCUT2D eigenvalue weighted by Crippen LogP contribution is -1.98. The predicted octanol–water partition coefficient (Wildman–Crippen LogP) is 14.2. The highest BCUT2D eigenvalue weighted by molar-refractivity contribution is 7.99. The van der Waals surface area contributed by atoms with E-state index in [0.717, 1.165) is 50.5 Å². The summed E-state index contributed by atoms with van der Waals surface area (Å²) in [6, 6.07) is 67.0. The van der Waals surface area contributed by atoms with E-state index >= 15 is 0 Å². The van der Waals surface area contributed by atoms with E-state index in [2.05, 4.69) is 151 Å². The van der Waals surface area contributed by atoms with Crippen LogP contribution in [0, 0.1) is 0 Å². The topological polar surface area (TPSA) is 51.6 Å². The molecule has 0 bridgehead atoms. The second-order valence-electron chi connectivity index (χ2n) is 14.6. The van der Waals surface area contributed by atoms with Gasteiger partial charge in [0.25, 0.3) is 0 Å². The first-order chi connectivity index (χ1) is 29.2. The van der Waals surface area contributed by atoms with Crippen molar-refractivity contribution in [3.05, 3.63) is 207 Å². The van der Waals surface area contributed by atoms with Gasteiger partial charge < -0.3 is 0 Å². The van der Waals surface area contributed by atoms with E-state index in [4.69, 9.17) is 15.0 Å². The van der Waals surface area contributed by atoms with Crippen molar-refractivity contribution in [2.75, 3.05) is 0 Å². The van der Waals surface area contributed by atoms with E-state index in [1.165, 1.54) is 53.9 Å². The Hall–Kier alpha value is -7.47. The van der Waals surface area contributed by atoms with Crippen LogP contribution in [-0.4, -0.2) is 19.9 Å². The minimum absolute atomic E-state index is 0.614. The average molecular weight is 771 g/mol. The van der Waals surface area contributed by atoms with Gasteiger partial charge in [0.2, 0.25) is 0 Å². The lowest BCUT2D eigenvalue weighted by molar-refractivity contribution is 1.17. The van der Waals surface area contributed by atoms with E-state index in [1.807, 2.05) is 66.6 Å². The van der Waals surface area contributed by atoms with Crippen LogP contribution in [0.25, 0.3) is 100 Å². The molecule has 1 aliphatic rings. The van der Waals surface area contributed by atoms with E-state index in [0.29, 0.717) is 5.82 Å². The quantitative estimate of drug-likeness (QED) is 0.178. The van der Waals surface area contributed by atoms with Crippen molar-refractivity contribution in [3.63, 3.8) is 0 Å². The Morgan fingerprint density at radius 2 is 0.966 bits per heavy atom. The first-order valence-electron chi connectivity index (χ1n) is 19.7. The number of fused-ring (bicyclic) bond motifs is 11. The molecule has 1 aliphatic heterocycles. The molecule has 10 aromatic rings. The standard InChI is InChI=1S/C54H34N4S/c1-2-14-36(15-3-1)50-32-51(58-54(57-50)39-26-29-49(56-34-39)38-16-12-30-55-33-38)37-25-27-45-43-20-7-6-18-41(43)42-19-8-9-21-44(42)46-22-10-11-23-52(46)59-53-40-17-5-4-13-35(40)24-28-47(53)48(45)31-37/h1-34H. The van der Waals surface area contributed by atoms with E-state index in [9.17, 15) is 0 Å². The van der Waals surface area contributed by atoms with E-state index < -0.39 is 0 Å². The largest absolute Gasteiger partial charge is 0.264 e. The third-order valence-electron chi connectivity index (χ3n) is 11.1. The molecule has 0 amide bonds. The first kappa shape index (κ1) is 34.8. The molecule has 0 N–H and O–H groups in total. The lowest BCUT2D eigenvalue weighted by Gasteiger charge is -2.19. The molecule has 0 aliphatic carbocycles. The van der Waals surface area contributed by atoms with Crippen LogP contribution in [0.4, 0.5) is 0 Å². The zero-order chi connectivity index (χ0) is 39.1. The molecular weight excluding hydrogens is 737 g/mol. The molecule has 276 valence electrons. The molecular formula is C54H34N4S. The zero-order valence-corrected chi connectivity index (χ0v) is 32.6. The normalized spacial score (nSPS) is 11.7. The number of hydrogen-bond donors (Lipinski definition) is 0. The molecule has 5 heteroatoms. The molecule has 4 nitrogen and oxygen atoms in total.